The molecule has 39 heavy (non-hydrogen) atoms. The summed E-state index contributed by atoms with van der Waals surface area (Å²) in [5, 5.41) is 14.9. The van der Waals surface area contributed by atoms with Crippen LogP contribution in [0.1, 0.15) is 24.1 Å². The highest BCUT2D eigenvalue weighted by atomic mass is 35.5. The van der Waals surface area contributed by atoms with Crippen molar-refractivity contribution in [1.82, 2.24) is 15.1 Å². The predicted octanol–water partition coefficient (Wildman–Crippen LogP) is 5.53. The molecule has 1 aliphatic rings. The van der Waals surface area contributed by atoms with Gasteiger partial charge in [-0.3, -0.25) is 9.80 Å². The molecule has 4 rings (SSSR count). The maximum Gasteiger partial charge on any atom is 0.319 e. The highest BCUT2D eigenvalue weighted by molar-refractivity contribution is 6.31. The van der Waals surface area contributed by atoms with Crippen LogP contribution >= 0.6 is 11.6 Å². The Balaban J connectivity index is 1.51. The first-order valence-corrected chi connectivity index (χ1v) is 13.3. The molecule has 7 nitrogen and oxygen atoms in total. The summed E-state index contributed by atoms with van der Waals surface area (Å²) in [7, 11) is 1.71. The number of piperazine rings is 1. The van der Waals surface area contributed by atoms with E-state index in [1.165, 1.54) is 18.2 Å². The minimum Gasteiger partial charge on any atom is -0.383 e. The molecular formula is C30H33ClFN5O2. The van der Waals surface area contributed by atoms with Crippen molar-refractivity contribution in [2.45, 2.75) is 19.0 Å². The van der Waals surface area contributed by atoms with E-state index in [0.717, 1.165) is 42.9 Å². The summed E-state index contributed by atoms with van der Waals surface area (Å²) in [6.07, 6.45) is 0. The van der Waals surface area contributed by atoms with Crippen LogP contribution in [0.15, 0.2) is 66.7 Å². The lowest BCUT2D eigenvalue weighted by Gasteiger charge is -2.44. The van der Waals surface area contributed by atoms with Crippen molar-refractivity contribution in [2.75, 3.05) is 51.8 Å². The lowest BCUT2D eigenvalue weighted by molar-refractivity contribution is 0.0364. The van der Waals surface area contributed by atoms with Crippen LogP contribution in [-0.4, -0.2) is 68.3 Å². The van der Waals surface area contributed by atoms with Crippen LogP contribution in [0.4, 0.5) is 14.9 Å². The molecule has 1 heterocycles. The van der Waals surface area contributed by atoms with E-state index in [1.54, 1.807) is 13.2 Å². The van der Waals surface area contributed by atoms with E-state index < -0.39 is 5.82 Å². The number of anilines is 1. The quantitative estimate of drug-likeness (QED) is 0.367. The Morgan fingerprint density at radius 1 is 1.15 bits per heavy atom. The van der Waals surface area contributed by atoms with Gasteiger partial charge in [0.1, 0.15) is 5.82 Å². The zero-order chi connectivity index (χ0) is 27.8. The number of carbonyl (C=O) groups excluding carboxylic acids is 1. The van der Waals surface area contributed by atoms with Crippen LogP contribution in [0.5, 0.6) is 0 Å². The molecule has 0 bridgehead atoms. The molecule has 3 aromatic carbocycles. The van der Waals surface area contributed by atoms with Gasteiger partial charge in [0.2, 0.25) is 0 Å². The Hall–Kier alpha value is -3.48. The summed E-state index contributed by atoms with van der Waals surface area (Å²) < 4.78 is 18.8. The third-order valence-corrected chi connectivity index (χ3v) is 7.32. The van der Waals surface area contributed by atoms with Gasteiger partial charge in [0, 0.05) is 51.6 Å². The SMILES string of the molecule is COCCN1CCN([C@@H](CNC(=O)Nc2ccc(F)c(Cl)c2)c2ccc(-c3cccc(C#N)c3)cc2)[C@@H](C)C1. The zero-order valence-electron chi connectivity index (χ0n) is 22.2. The van der Waals surface area contributed by atoms with Gasteiger partial charge in [-0.05, 0) is 53.9 Å². The van der Waals surface area contributed by atoms with Gasteiger partial charge in [-0.25, -0.2) is 9.18 Å². The van der Waals surface area contributed by atoms with E-state index in [9.17, 15) is 14.4 Å². The highest BCUT2D eigenvalue weighted by Gasteiger charge is 2.30. The van der Waals surface area contributed by atoms with Crippen molar-refractivity contribution >= 4 is 23.3 Å². The summed E-state index contributed by atoms with van der Waals surface area (Å²) in [6.45, 7) is 6.82. The van der Waals surface area contributed by atoms with Crippen molar-refractivity contribution < 1.29 is 13.9 Å². The Morgan fingerprint density at radius 3 is 2.64 bits per heavy atom. The maximum atomic E-state index is 13.5. The number of benzene rings is 3. The lowest BCUT2D eigenvalue weighted by atomic mass is 9.97. The molecule has 0 radical (unpaired) electrons. The molecule has 204 valence electrons. The number of rotatable bonds is 9. The molecular weight excluding hydrogens is 517 g/mol. The Kier molecular flexibility index (Phi) is 9.90. The first-order chi connectivity index (χ1) is 18.9. The van der Waals surface area contributed by atoms with Crippen LogP contribution in [-0.2, 0) is 4.74 Å². The van der Waals surface area contributed by atoms with Crippen LogP contribution < -0.4 is 10.6 Å². The van der Waals surface area contributed by atoms with Gasteiger partial charge < -0.3 is 15.4 Å². The van der Waals surface area contributed by atoms with E-state index in [4.69, 9.17) is 16.3 Å². The van der Waals surface area contributed by atoms with E-state index in [-0.39, 0.29) is 23.1 Å². The molecule has 2 atom stereocenters. The molecule has 1 fully saturated rings. The number of hydrogen-bond donors (Lipinski definition) is 2. The second kappa shape index (κ2) is 13.5. The zero-order valence-corrected chi connectivity index (χ0v) is 22.9. The summed E-state index contributed by atoms with van der Waals surface area (Å²) >= 11 is 5.86. The minimum atomic E-state index is -0.538. The first-order valence-electron chi connectivity index (χ1n) is 13.0. The van der Waals surface area contributed by atoms with E-state index in [2.05, 4.69) is 57.7 Å². The molecule has 1 saturated heterocycles. The Labute approximate surface area is 234 Å². The average Bonchev–Trinajstić information content (AvgIpc) is 2.95. The van der Waals surface area contributed by atoms with Crippen LogP contribution in [0.25, 0.3) is 11.1 Å². The largest absolute Gasteiger partial charge is 0.383 e. The fourth-order valence-corrected chi connectivity index (χ4v) is 5.15. The number of nitriles is 1. The molecule has 9 heteroatoms. The van der Waals surface area contributed by atoms with Crippen LogP contribution in [0.3, 0.4) is 0 Å². The second-order valence-corrected chi connectivity index (χ2v) is 10.1. The van der Waals surface area contributed by atoms with Gasteiger partial charge in [0.05, 0.1) is 29.3 Å². The number of ether oxygens (including phenoxy) is 1. The maximum absolute atomic E-state index is 13.5. The number of carbonyl (C=O) groups is 1. The number of urea groups is 1. The normalized spacial score (nSPS) is 16.8. The number of nitrogens with zero attached hydrogens (tertiary/aromatic N) is 3. The molecule has 0 unspecified atom stereocenters. The molecule has 2 N–H and O–H groups in total. The number of amides is 2. The first kappa shape index (κ1) is 28.5. The number of methoxy groups -OCH3 is 1. The van der Waals surface area contributed by atoms with Crippen molar-refractivity contribution in [3.8, 4) is 17.2 Å². The summed E-state index contributed by atoms with van der Waals surface area (Å²) in [4.78, 5) is 17.6. The van der Waals surface area contributed by atoms with Gasteiger partial charge >= 0.3 is 6.03 Å². The molecule has 1 aliphatic heterocycles. The molecule has 0 spiro atoms. The Bertz CT molecular complexity index is 1310. The third kappa shape index (κ3) is 7.55. The highest BCUT2D eigenvalue weighted by Crippen LogP contribution is 2.28. The van der Waals surface area contributed by atoms with E-state index in [1.807, 2.05) is 18.2 Å². The van der Waals surface area contributed by atoms with Gasteiger partial charge in [-0.2, -0.15) is 5.26 Å². The minimum absolute atomic E-state index is 0.0498. The number of halogens is 2. The fraction of sp³-hybridized carbons (Fsp3) is 0.333. The average molecular weight is 550 g/mol. The van der Waals surface area contributed by atoms with E-state index >= 15 is 0 Å². The monoisotopic (exact) mass is 549 g/mol. The standard InChI is InChI=1S/C30H33ClFN5O2/c1-21-20-36(14-15-39-2)12-13-37(21)29(19-34-30(38)35-26-10-11-28(32)27(31)17-26)24-8-6-23(7-9-24)25-5-3-4-22(16-25)18-33/h3-11,16-17,21,29H,12-15,19-20H2,1-2H3,(H2,34,35,38)/t21-,29-/m0/s1. The molecule has 0 aliphatic carbocycles. The topological polar surface area (TPSA) is 80.6 Å². The molecule has 2 amide bonds. The number of hydrogen-bond acceptors (Lipinski definition) is 5. The summed E-state index contributed by atoms with van der Waals surface area (Å²) in [5.41, 5.74) is 4.11. The number of nitrogens with one attached hydrogen (secondary N) is 2. The van der Waals surface area contributed by atoms with Crippen molar-refractivity contribution in [3.63, 3.8) is 0 Å². The third-order valence-electron chi connectivity index (χ3n) is 7.03. The summed E-state index contributed by atoms with van der Waals surface area (Å²) in [5.74, 6) is -0.538. The molecule has 0 saturated carbocycles. The Morgan fingerprint density at radius 2 is 1.95 bits per heavy atom. The smallest absolute Gasteiger partial charge is 0.319 e. The van der Waals surface area contributed by atoms with Gasteiger partial charge in [-0.1, -0.05) is 48.0 Å². The van der Waals surface area contributed by atoms with Gasteiger partial charge in [0.25, 0.3) is 0 Å². The van der Waals surface area contributed by atoms with Crippen LogP contribution in [0, 0.1) is 17.1 Å². The predicted molar refractivity (Wildman–Crippen MR) is 152 cm³/mol. The second-order valence-electron chi connectivity index (χ2n) is 9.67. The van der Waals surface area contributed by atoms with Crippen LogP contribution in [0.2, 0.25) is 5.02 Å². The van der Waals surface area contributed by atoms with Gasteiger partial charge in [0.15, 0.2) is 0 Å². The molecule has 0 aromatic heterocycles. The van der Waals surface area contributed by atoms with Crippen molar-refractivity contribution in [1.29, 1.82) is 5.26 Å². The summed E-state index contributed by atoms with van der Waals surface area (Å²) in [6, 6.07) is 21.9. The molecule has 3 aromatic rings. The van der Waals surface area contributed by atoms with Crippen molar-refractivity contribution in [3.05, 3.63) is 88.7 Å². The van der Waals surface area contributed by atoms with Gasteiger partial charge in [-0.15, -0.1) is 0 Å². The van der Waals surface area contributed by atoms with Crippen molar-refractivity contribution in [2.24, 2.45) is 0 Å². The van der Waals surface area contributed by atoms with E-state index in [0.29, 0.717) is 24.4 Å². The fourth-order valence-electron chi connectivity index (χ4n) is 4.96. The lowest BCUT2D eigenvalue weighted by Crippen LogP contribution is -2.55.